The van der Waals surface area contributed by atoms with Crippen LogP contribution < -0.4 is 5.32 Å². The molecule has 198 valence electrons. The number of aromatic nitrogens is 3. The second-order valence-electron chi connectivity index (χ2n) is 8.74. The number of thiophene rings is 2. The van der Waals surface area contributed by atoms with E-state index in [0.717, 1.165) is 38.5 Å². The van der Waals surface area contributed by atoms with Crippen molar-refractivity contribution in [2.75, 3.05) is 18.2 Å². The maximum atomic E-state index is 13.0. The summed E-state index contributed by atoms with van der Waals surface area (Å²) in [6, 6.07) is 19.9. The van der Waals surface area contributed by atoms with Crippen LogP contribution >= 0.6 is 34.4 Å². The molecule has 0 fully saturated rings. The molecule has 0 saturated heterocycles. The summed E-state index contributed by atoms with van der Waals surface area (Å²) in [5, 5.41) is 14.9. The number of nitrogens with one attached hydrogen (secondary N) is 1. The van der Waals surface area contributed by atoms with Crippen LogP contribution in [0.4, 0.5) is 5.00 Å². The third-order valence-electron chi connectivity index (χ3n) is 6.23. The molecule has 5 rings (SSSR count). The number of ether oxygens (including phenoxy) is 1. The number of anilines is 1. The van der Waals surface area contributed by atoms with Crippen molar-refractivity contribution in [3.8, 4) is 33.6 Å². The zero-order chi connectivity index (χ0) is 27.5. The quantitative estimate of drug-likeness (QED) is 0.158. The van der Waals surface area contributed by atoms with Crippen LogP contribution in [0.1, 0.15) is 20.1 Å². The lowest BCUT2D eigenvalue weighted by Gasteiger charge is -2.08. The Balaban J connectivity index is 1.35. The number of thioether (sulfide) groups is 1. The van der Waals surface area contributed by atoms with Crippen molar-refractivity contribution in [3.63, 3.8) is 0 Å². The van der Waals surface area contributed by atoms with Crippen LogP contribution in [0.25, 0.3) is 33.6 Å². The molecular formula is C29H26N4O3S3. The van der Waals surface area contributed by atoms with Gasteiger partial charge in [-0.05, 0) is 25.0 Å². The van der Waals surface area contributed by atoms with Crippen LogP contribution in [0.15, 0.2) is 71.2 Å². The predicted molar refractivity (Wildman–Crippen MR) is 160 cm³/mol. The van der Waals surface area contributed by atoms with Crippen molar-refractivity contribution < 1.29 is 14.3 Å². The van der Waals surface area contributed by atoms with Crippen LogP contribution in [0, 0.1) is 13.8 Å². The van der Waals surface area contributed by atoms with E-state index >= 15 is 0 Å². The summed E-state index contributed by atoms with van der Waals surface area (Å²) < 4.78 is 6.97. The van der Waals surface area contributed by atoms with E-state index in [1.165, 1.54) is 35.1 Å². The molecule has 10 heteroatoms. The van der Waals surface area contributed by atoms with Crippen molar-refractivity contribution in [2.24, 2.45) is 7.05 Å². The van der Waals surface area contributed by atoms with Crippen molar-refractivity contribution in [1.29, 1.82) is 0 Å². The minimum Gasteiger partial charge on any atom is -0.465 e. The molecule has 1 N–H and O–H groups in total. The van der Waals surface area contributed by atoms with Crippen LogP contribution in [-0.4, -0.2) is 39.5 Å². The lowest BCUT2D eigenvalue weighted by Crippen LogP contribution is -2.16. The Hall–Kier alpha value is -3.73. The molecule has 0 atom stereocenters. The van der Waals surface area contributed by atoms with Gasteiger partial charge in [-0.3, -0.25) is 4.79 Å². The average molecular weight is 575 g/mol. The Morgan fingerprint density at radius 2 is 1.59 bits per heavy atom. The molecule has 7 nitrogen and oxygen atoms in total. The first-order valence-electron chi connectivity index (χ1n) is 12.1. The van der Waals surface area contributed by atoms with Gasteiger partial charge in [-0.2, -0.15) is 0 Å². The number of benzene rings is 2. The molecule has 0 spiro atoms. The molecule has 3 heterocycles. The SMILES string of the molecule is COC(=O)c1c(NC(=O)CSc2nnc(-c3csc(C)c3-c3ccccc3)n2C)sc(C)c1-c1ccccc1. The van der Waals surface area contributed by atoms with E-state index in [9.17, 15) is 9.59 Å². The van der Waals surface area contributed by atoms with E-state index in [2.05, 4.69) is 40.0 Å². The third kappa shape index (κ3) is 5.40. The molecule has 0 unspecified atom stereocenters. The lowest BCUT2D eigenvalue weighted by molar-refractivity contribution is -0.113. The van der Waals surface area contributed by atoms with Crippen LogP contribution in [-0.2, 0) is 16.6 Å². The molecule has 0 aliphatic rings. The summed E-state index contributed by atoms with van der Waals surface area (Å²) in [6.07, 6.45) is 0. The molecule has 0 saturated carbocycles. The number of methoxy groups -OCH3 is 1. The first-order valence-corrected chi connectivity index (χ1v) is 14.8. The molecular weight excluding hydrogens is 549 g/mol. The molecule has 0 radical (unpaired) electrons. The minimum absolute atomic E-state index is 0.110. The van der Waals surface area contributed by atoms with E-state index in [0.29, 0.717) is 15.7 Å². The largest absolute Gasteiger partial charge is 0.465 e. The first-order chi connectivity index (χ1) is 18.9. The van der Waals surface area contributed by atoms with Gasteiger partial charge >= 0.3 is 5.97 Å². The summed E-state index contributed by atoms with van der Waals surface area (Å²) in [5.41, 5.74) is 5.32. The molecule has 1 amide bonds. The Kier molecular flexibility index (Phi) is 7.97. The van der Waals surface area contributed by atoms with Crippen molar-refractivity contribution >= 4 is 51.3 Å². The van der Waals surface area contributed by atoms with E-state index in [4.69, 9.17) is 4.74 Å². The summed E-state index contributed by atoms with van der Waals surface area (Å²) in [6.45, 7) is 4.03. The molecule has 5 aromatic rings. The normalized spacial score (nSPS) is 11.0. The van der Waals surface area contributed by atoms with Gasteiger partial charge in [0.25, 0.3) is 0 Å². The topological polar surface area (TPSA) is 86.1 Å². The number of hydrogen-bond donors (Lipinski definition) is 1. The highest BCUT2D eigenvalue weighted by atomic mass is 32.2. The van der Waals surface area contributed by atoms with Gasteiger partial charge in [0.15, 0.2) is 11.0 Å². The van der Waals surface area contributed by atoms with Gasteiger partial charge in [0.1, 0.15) is 10.6 Å². The van der Waals surface area contributed by atoms with Gasteiger partial charge < -0.3 is 14.6 Å². The molecule has 2 aromatic carbocycles. The van der Waals surface area contributed by atoms with Crippen molar-refractivity contribution in [1.82, 2.24) is 14.8 Å². The second-order valence-corrected chi connectivity index (χ2v) is 12.0. The van der Waals surface area contributed by atoms with E-state index in [-0.39, 0.29) is 11.7 Å². The zero-order valence-corrected chi connectivity index (χ0v) is 24.3. The van der Waals surface area contributed by atoms with Crippen molar-refractivity contribution in [2.45, 2.75) is 19.0 Å². The number of amides is 1. The number of rotatable bonds is 8. The molecule has 0 aliphatic heterocycles. The van der Waals surface area contributed by atoms with Crippen LogP contribution in [0.5, 0.6) is 0 Å². The predicted octanol–water partition coefficient (Wildman–Crippen LogP) is 7.07. The van der Waals surface area contributed by atoms with Crippen LogP contribution in [0.3, 0.4) is 0 Å². The molecule has 0 bridgehead atoms. The van der Waals surface area contributed by atoms with Crippen molar-refractivity contribution in [3.05, 3.63) is 81.4 Å². The maximum Gasteiger partial charge on any atom is 0.341 e. The minimum atomic E-state index is -0.487. The fraction of sp³-hybridized carbons (Fsp3) is 0.172. The first kappa shape index (κ1) is 26.9. The Labute approximate surface area is 238 Å². The molecule has 3 aromatic heterocycles. The molecule has 0 aliphatic carbocycles. The van der Waals surface area contributed by atoms with E-state index < -0.39 is 5.97 Å². The smallest absolute Gasteiger partial charge is 0.341 e. The van der Waals surface area contributed by atoms with E-state index in [1.54, 1.807) is 11.3 Å². The van der Waals surface area contributed by atoms with Gasteiger partial charge in [0.2, 0.25) is 5.91 Å². The average Bonchev–Trinajstić information content (AvgIpc) is 3.61. The van der Waals surface area contributed by atoms with Gasteiger partial charge in [-0.1, -0.05) is 72.4 Å². The summed E-state index contributed by atoms with van der Waals surface area (Å²) in [4.78, 5) is 27.9. The summed E-state index contributed by atoms with van der Waals surface area (Å²) in [7, 11) is 3.25. The van der Waals surface area contributed by atoms with Gasteiger partial charge in [0, 0.05) is 38.9 Å². The lowest BCUT2D eigenvalue weighted by atomic mass is 10.0. The standard InChI is InChI=1S/C29H26N4O3S3/c1-17-23(19-11-7-5-8-12-19)21(15-37-17)26-31-32-29(33(26)3)38-16-22(34)30-27-25(28(35)36-4)24(18(2)39-27)20-13-9-6-10-14-20/h5-15H,16H2,1-4H3,(H,30,34). The maximum absolute atomic E-state index is 13.0. The fourth-order valence-electron chi connectivity index (χ4n) is 4.43. The second kappa shape index (κ2) is 11.6. The number of carbonyl (C=O) groups excluding carboxylic acids is 2. The van der Waals surface area contributed by atoms with Crippen LogP contribution in [0.2, 0.25) is 0 Å². The number of aryl methyl sites for hydroxylation is 2. The van der Waals surface area contributed by atoms with E-state index in [1.807, 2.05) is 67.1 Å². The highest BCUT2D eigenvalue weighted by molar-refractivity contribution is 7.99. The van der Waals surface area contributed by atoms with Gasteiger partial charge in [-0.15, -0.1) is 32.9 Å². The van der Waals surface area contributed by atoms with Gasteiger partial charge in [0.05, 0.1) is 12.9 Å². The monoisotopic (exact) mass is 574 g/mol. The number of nitrogens with zero attached hydrogens (tertiary/aromatic N) is 3. The highest BCUT2D eigenvalue weighted by Crippen LogP contribution is 2.41. The third-order valence-corrected chi connectivity index (χ3v) is 9.19. The Morgan fingerprint density at radius 1 is 0.949 bits per heavy atom. The number of hydrogen-bond acceptors (Lipinski definition) is 8. The number of carbonyl (C=O) groups is 2. The fourth-order valence-corrected chi connectivity index (χ4v) is 7.09. The summed E-state index contributed by atoms with van der Waals surface area (Å²) in [5.74, 6) is 0.125. The Bertz CT molecular complexity index is 1640. The zero-order valence-electron chi connectivity index (χ0n) is 21.8. The summed E-state index contributed by atoms with van der Waals surface area (Å²) >= 11 is 4.33. The highest BCUT2D eigenvalue weighted by Gasteiger charge is 2.25. The molecule has 39 heavy (non-hydrogen) atoms. The Morgan fingerprint density at radius 3 is 2.23 bits per heavy atom. The number of esters is 1. The van der Waals surface area contributed by atoms with Gasteiger partial charge in [-0.25, -0.2) is 4.79 Å².